The van der Waals surface area contributed by atoms with Crippen molar-refractivity contribution in [2.75, 3.05) is 4.90 Å². The average molecular weight is 500 g/mol. The molecule has 1 aliphatic rings. The van der Waals surface area contributed by atoms with Crippen molar-refractivity contribution in [2.45, 2.75) is 19.0 Å². The van der Waals surface area contributed by atoms with Gasteiger partial charge < -0.3 is 24.8 Å². The fraction of sp³-hybridized carbons (Fsp3) is 0.111. The van der Waals surface area contributed by atoms with Crippen LogP contribution in [0.2, 0.25) is 0 Å². The Morgan fingerprint density at radius 1 is 0.972 bits per heavy atom. The van der Waals surface area contributed by atoms with Gasteiger partial charge in [0.1, 0.15) is 17.6 Å². The number of hydrogen-bond acceptors (Lipinski definition) is 5. The van der Waals surface area contributed by atoms with Crippen molar-refractivity contribution >= 4 is 35.0 Å². The second kappa shape index (κ2) is 9.27. The van der Waals surface area contributed by atoms with Crippen LogP contribution in [0.4, 0.5) is 5.69 Å². The molecule has 8 nitrogen and oxygen atoms in total. The molecule has 36 heavy (non-hydrogen) atoms. The zero-order valence-electron chi connectivity index (χ0n) is 19.1. The van der Waals surface area contributed by atoms with Crippen LogP contribution in [0.3, 0.4) is 0 Å². The lowest BCUT2D eigenvalue weighted by Crippen LogP contribution is -2.29. The van der Waals surface area contributed by atoms with Crippen molar-refractivity contribution < 1.29 is 24.2 Å². The molecular formula is C27H21N3O5S. The van der Waals surface area contributed by atoms with E-state index in [0.29, 0.717) is 22.2 Å². The molecule has 1 fully saturated rings. The van der Waals surface area contributed by atoms with Crippen molar-refractivity contribution in [3.63, 3.8) is 0 Å². The fourth-order valence-corrected chi connectivity index (χ4v) is 4.73. The molecule has 4 aromatic rings. The third-order valence-corrected chi connectivity index (χ3v) is 6.32. The van der Waals surface area contributed by atoms with Gasteiger partial charge in [0, 0.05) is 17.4 Å². The van der Waals surface area contributed by atoms with Crippen molar-refractivity contribution in [3.8, 4) is 11.3 Å². The Hall–Kier alpha value is -4.50. The summed E-state index contributed by atoms with van der Waals surface area (Å²) in [6.45, 7) is 2.00. The fourth-order valence-electron chi connectivity index (χ4n) is 4.38. The minimum Gasteiger partial charge on any atom is -0.478 e. The lowest BCUT2D eigenvalue weighted by Gasteiger charge is -2.26. The van der Waals surface area contributed by atoms with Crippen molar-refractivity contribution in [2.24, 2.45) is 0 Å². The molecule has 1 saturated heterocycles. The molecule has 0 amide bonds. The second-order valence-electron chi connectivity index (χ2n) is 8.45. The van der Waals surface area contributed by atoms with Crippen LogP contribution in [0.25, 0.3) is 11.3 Å². The number of aromatic nitrogens is 1. The Labute approximate surface area is 211 Å². The molecule has 1 aliphatic heterocycles. The number of carboxylic acid groups (broad SMARTS) is 2. The SMILES string of the molecule is Cc1cccc(N2C(=S)N[C@@H](c3ccccn3)[C@@H]2c2ccc(-c3cc(C(=O)O)cc(C(=O)O)c3)o2)c1. The summed E-state index contributed by atoms with van der Waals surface area (Å²) in [7, 11) is 0. The smallest absolute Gasteiger partial charge is 0.335 e. The molecule has 0 bridgehead atoms. The molecular weight excluding hydrogens is 478 g/mol. The van der Waals surface area contributed by atoms with Gasteiger partial charge >= 0.3 is 11.9 Å². The van der Waals surface area contributed by atoms with E-state index >= 15 is 0 Å². The number of pyridine rings is 1. The second-order valence-corrected chi connectivity index (χ2v) is 8.83. The van der Waals surface area contributed by atoms with Crippen LogP contribution in [0.1, 0.15) is 49.8 Å². The quantitative estimate of drug-likeness (QED) is 0.307. The first-order valence-corrected chi connectivity index (χ1v) is 11.5. The number of aryl methyl sites for hydroxylation is 1. The molecule has 2 aromatic heterocycles. The van der Waals surface area contributed by atoms with Crippen LogP contribution < -0.4 is 10.2 Å². The highest BCUT2D eigenvalue weighted by molar-refractivity contribution is 7.80. The third kappa shape index (κ3) is 4.32. The molecule has 0 saturated carbocycles. The van der Waals surface area contributed by atoms with E-state index in [4.69, 9.17) is 16.6 Å². The van der Waals surface area contributed by atoms with E-state index in [0.717, 1.165) is 23.0 Å². The van der Waals surface area contributed by atoms with E-state index < -0.39 is 18.0 Å². The van der Waals surface area contributed by atoms with E-state index in [1.54, 1.807) is 18.3 Å². The minimum absolute atomic E-state index is 0.140. The Balaban J connectivity index is 1.62. The summed E-state index contributed by atoms with van der Waals surface area (Å²) in [5.41, 5.74) is 2.80. The normalized spacial score (nSPS) is 17.1. The summed E-state index contributed by atoms with van der Waals surface area (Å²) in [5.74, 6) is -1.54. The maximum absolute atomic E-state index is 11.6. The van der Waals surface area contributed by atoms with Gasteiger partial charge in [-0.25, -0.2) is 9.59 Å². The lowest BCUT2D eigenvalue weighted by molar-refractivity contribution is 0.0696. The van der Waals surface area contributed by atoms with Gasteiger partial charge in [0.2, 0.25) is 0 Å². The summed E-state index contributed by atoms with van der Waals surface area (Å²) in [5, 5.41) is 22.8. The van der Waals surface area contributed by atoms with Crippen LogP contribution >= 0.6 is 12.2 Å². The molecule has 180 valence electrons. The van der Waals surface area contributed by atoms with Gasteiger partial charge in [-0.05, 0) is 79.3 Å². The third-order valence-electron chi connectivity index (χ3n) is 6.01. The highest BCUT2D eigenvalue weighted by Crippen LogP contribution is 2.43. The van der Waals surface area contributed by atoms with Crippen LogP contribution in [0, 0.1) is 6.92 Å². The van der Waals surface area contributed by atoms with Crippen LogP contribution in [-0.2, 0) is 0 Å². The first-order chi connectivity index (χ1) is 17.3. The molecule has 2 aromatic carbocycles. The number of anilines is 1. The number of nitrogens with one attached hydrogen (secondary N) is 1. The highest BCUT2D eigenvalue weighted by atomic mass is 32.1. The van der Waals surface area contributed by atoms with E-state index in [2.05, 4.69) is 10.3 Å². The summed E-state index contributed by atoms with van der Waals surface area (Å²) in [6.07, 6.45) is 1.71. The number of thiocarbonyl (C=S) groups is 1. The van der Waals surface area contributed by atoms with E-state index in [-0.39, 0.29) is 17.2 Å². The molecule has 3 heterocycles. The van der Waals surface area contributed by atoms with Crippen molar-refractivity contribution in [3.05, 3.63) is 107 Å². The van der Waals surface area contributed by atoms with Gasteiger partial charge in [0.25, 0.3) is 0 Å². The maximum atomic E-state index is 11.6. The van der Waals surface area contributed by atoms with Crippen LogP contribution in [0.15, 0.2) is 83.4 Å². The monoisotopic (exact) mass is 499 g/mol. The summed E-state index contributed by atoms with van der Waals surface area (Å²) < 4.78 is 6.25. The molecule has 2 atom stereocenters. The highest BCUT2D eigenvalue weighted by Gasteiger charge is 2.42. The number of benzene rings is 2. The number of nitrogens with zero attached hydrogens (tertiary/aromatic N) is 2. The minimum atomic E-state index is -1.22. The molecule has 3 N–H and O–H groups in total. The molecule has 0 spiro atoms. The molecule has 0 aliphatic carbocycles. The Kier molecular flexibility index (Phi) is 5.99. The molecule has 0 unspecified atom stereocenters. The Morgan fingerprint density at radius 2 is 1.72 bits per heavy atom. The van der Waals surface area contributed by atoms with Gasteiger partial charge in [-0.15, -0.1) is 0 Å². The maximum Gasteiger partial charge on any atom is 0.335 e. The van der Waals surface area contributed by atoms with Crippen LogP contribution in [0.5, 0.6) is 0 Å². The Bertz CT molecular complexity index is 1450. The summed E-state index contributed by atoms with van der Waals surface area (Å²) >= 11 is 5.73. The molecule has 9 heteroatoms. The number of carboxylic acids is 2. The van der Waals surface area contributed by atoms with E-state index in [1.165, 1.54) is 12.1 Å². The predicted octanol–water partition coefficient (Wildman–Crippen LogP) is 5.22. The van der Waals surface area contributed by atoms with Gasteiger partial charge in [0.15, 0.2) is 5.11 Å². The van der Waals surface area contributed by atoms with Gasteiger partial charge in [0.05, 0.1) is 22.9 Å². The van der Waals surface area contributed by atoms with Gasteiger partial charge in [-0.1, -0.05) is 18.2 Å². The summed E-state index contributed by atoms with van der Waals surface area (Å²) in [6, 6.07) is 20.3. The zero-order chi connectivity index (χ0) is 25.4. The predicted molar refractivity (Wildman–Crippen MR) is 137 cm³/mol. The average Bonchev–Trinajstić information content (AvgIpc) is 3.49. The first-order valence-electron chi connectivity index (χ1n) is 11.1. The van der Waals surface area contributed by atoms with E-state index in [1.807, 2.05) is 54.3 Å². The number of furan rings is 1. The number of rotatable bonds is 6. The lowest BCUT2D eigenvalue weighted by atomic mass is 10.0. The number of aromatic carboxylic acids is 2. The standard InChI is InChI=1S/C27H21N3O5S/c1-15-5-4-6-19(11-15)30-24(23(29-27(30)36)20-7-2-3-10-28-20)22-9-8-21(35-22)16-12-17(25(31)32)14-18(13-16)26(33)34/h2-14,23-24H,1H3,(H,29,36)(H,31,32)(H,33,34)/t23-,24-/m0/s1. The van der Waals surface area contributed by atoms with Gasteiger partial charge in [-0.3, -0.25) is 4.98 Å². The van der Waals surface area contributed by atoms with E-state index in [9.17, 15) is 19.8 Å². The van der Waals surface area contributed by atoms with Gasteiger partial charge in [-0.2, -0.15) is 0 Å². The zero-order valence-corrected chi connectivity index (χ0v) is 19.9. The number of hydrogen-bond donors (Lipinski definition) is 3. The summed E-state index contributed by atoms with van der Waals surface area (Å²) in [4.78, 5) is 29.6. The van der Waals surface area contributed by atoms with Crippen molar-refractivity contribution in [1.29, 1.82) is 0 Å². The molecule has 0 radical (unpaired) electrons. The molecule has 5 rings (SSSR count). The number of carbonyl (C=O) groups is 2. The van der Waals surface area contributed by atoms with Crippen molar-refractivity contribution in [1.82, 2.24) is 10.3 Å². The topological polar surface area (TPSA) is 116 Å². The largest absolute Gasteiger partial charge is 0.478 e. The Morgan fingerprint density at radius 3 is 2.36 bits per heavy atom. The van der Waals surface area contributed by atoms with Crippen LogP contribution in [-0.4, -0.2) is 32.2 Å². The first kappa shape index (κ1) is 23.3.